The first kappa shape index (κ1) is 28.2. The number of carbonyl (C=O) groups is 3. The zero-order valence-corrected chi connectivity index (χ0v) is 21.9. The molecule has 2 heterocycles. The summed E-state index contributed by atoms with van der Waals surface area (Å²) in [5.41, 5.74) is 3.56. The Balaban J connectivity index is 1.38. The SMILES string of the molecule is Cc1cc(COc2ccc(C(=O)NC3(CC(=O)NOC(=O)C(F)(F)F)CSC(C)C3)cc2)c2ccccc2n1. The Kier molecular flexibility index (Phi) is 8.34. The van der Waals surface area contributed by atoms with Crippen molar-refractivity contribution in [2.45, 2.75) is 50.3 Å². The fourth-order valence-corrected chi connectivity index (χ4v) is 5.75. The summed E-state index contributed by atoms with van der Waals surface area (Å²) in [5.74, 6) is -3.02. The molecule has 8 nitrogen and oxygen atoms in total. The van der Waals surface area contributed by atoms with Gasteiger partial charge in [0, 0.05) is 33.2 Å². The van der Waals surface area contributed by atoms with Crippen LogP contribution in [0.1, 0.15) is 41.4 Å². The topological polar surface area (TPSA) is 107 Å². The number of fused-ring (bicyclic) bond motifs is 1. The van der Waals surface area contributed by atoms with Gasteiger partial charge in [0.15, 0.2) is 0 Å². The largest absolute Gasteiger partial charge is 0.493 e. The van der Waals surface area contributed by atoms with E-state index >= 15 is 0 Å². The van der Waals surface area contributed by atoms with Crippen molar-refractivity contribution >= 4 is 40.4 Å². The van der Waals surface area contributed by atoms with Gasteiger partial charge in [-0.15, -0.1) is 0 Å². The lowest BCUT2D eigenvalue weighted by atomic mass is 9.91. The lowest BCUT2D eigenvalue weighted by Crippen LogP contribution is -2.52. The third-order valence-electron chi connectivity index (χ3n) is 6.13. The van der Waals surface area contributed by atoms with Gasteiger partial charge in [-0.05, 0) is 49.7 Å². The number of alkyl halides is 3. The molecule has 2 amide bonds. The number of nitrogens with zero attached hydrogens (tertiary/aromatic N) is 1. The van der Waals surface area contributed by atoms with Gasteiger partial charge in [0.1, 0.15) is 12.4 Å². The van der Waals surface area contributed by atoms with Crippen LogP contribution in [-0.2, 0) is 21.0 Å². The molecule has 2 aromatic carbocycles. The molecule has 0 spiro atoms. The zero-order chi connectivity index (χ0) is 28.2. The average Bonchev–Trinajstić information content (AvgIpc) is 3.24. The van der Waals surface area contributed by atoms with Gasteiger partial charge in [-0.1, -0.05) is 25.1 Å². The molecule has 1 saturated heterocycles. The molecule has 4 rings (SSSR count). The summed E-state index contributed by atoms with van der Waals surface area (Å²) in [6, 6.07) is 16.2. The van der Waals surface area contributed by atoms with Crippen LogP contribution >= 0.6 is 11.8 Å². The number of hydrogen-bond donors (Lipinski definition) is 2. The molecule has 0 radical (unpaired) electrons. The van der Waals surface area contributed by atoms with Crippen LogP contribution in [-0.4, -0.2) is 45.5 Å². The summed E-state index contributed by atoms with van der Waals surface area (Å²) < 4.78 is 42.9. The Morgan fingerprint density at radius 1 is 1.13 bits per heavy atom. The number of thioether (sulfide) groups is 1. The first-order valence-electron chi connectivity index (χ1n) is 12.0. The maximum absolute atomic E-state index is 13.0. The second kappa shape index (κ2) is 11.5. The number of nitrogens with one attached hydrogen (secondary N) is 2. The molecule has 12 heteroatoms. The summed E-state index contributed by atoms with van der Waals surface area (Å²) in [5, 5.41) is 3.95. The van der Waals surface area contributed by atoms with Crippen LogP contribution in [0.2, 0.25) is 0 Å². The zero-order valence-electron chi connectivity index (χ0n) is 21.1. The molecule has 2 atom stereocenters. The van der Waals surface area contributed by atoms with E-state index in [0.29, 0.717) is 30.1 Å². The lowest BCUT2D eigenvalue weighted by molar-refractivity contribution is -0.207. The van der Waals surface area contributed by atoms with E-state index in [0.717, 1.165) is 22.2 Å². The van der Waals surface area contributed by atoms with Crippen molar-refractivity contribution in [2.24, 2.45) is 0 Å². The van der Waals surface area contributed by atoms with Gasteiger partial charge in [0.25, 0.3) is 11.8 Å². The van der Waals surface area contributed by atoms with E-state index in [-0.39, 0.29) is 11.7 Å². The number of pyridine rings is 1. The number of aryl methyl sites for hydroxylation is 1. The number of ether oxygens (including phenoxy) is 1. The third-order valence-corrected chi connectivity index (χ3v) is 7.58. The molecule has 1 fully saturated rings. The molecule has 1 aliphatic heterocycles. The normalized spacial score (nSPS) is 18.9. The highest BCUT2D eigenvalue weighted by Crippen LogP contribution is 2.37. The molecule has 39 heavy (non-hydrogen) atoms. The van der Waals surface area contributed by atoms with Crippen LogP contribution in [0, 0.1) is 6.92 Å². The molecule has 1 aromatic heterocycles. The molecular weight excluding hydrogens is 535 g/mol. The average molecular weight is 562 g/mol. The Bertz CT molecular complexity index is 1380. The number of rotatable bonds is 7. The van der Waals surface area contributed by atoms with Gasteiger partial charge in [-0.3, -0.25) is 14.6 Å². The number of halogens is 3. The molecule has 0 bridgehead atoms. The Hall–Kier alpha value is -3.80. The minimum absolute atomic E-state index is 0.0968. The van der Waals surface area contributed by atoms with E-state index in [9.17, 15) is 27.6 Å². The van der Waals surface area contributed by atoms with E-state index in [1.807, 2.05) is 44.2 Å². The summed E-state index contributed by atoms with van der Waals surface area (Å²) in [4.78, 5) is 44.5. The molecule has 206 valence electrons. The van der Waals surface area contributed by atoms with Crippen molar-refractivity contribution in [3.05, 3.63) is 71.4 Å². The van der Waals surface area contributed by atoms with E-state index in [1.165, 1.54) is 17.2 Å². The maximum atomic E-state index is 13.0. The van der Waals surface area contributed by atoms with Gasteiger partial charge in [-0.25, -0.2) is 4.79 Å². The first-order valence-corrected chi connectivity index (χ1v) is 13.1. The maximum Gasteiger partial charge on any atom is 0.493 e. The molecule has 1 aliphatic rings. The predicted octanol–water partition coefficient (Wildman–Crippen LogP) is 4.64. The Labute approximate surface area is 226 Å². The third kappa shape index (κ3) is 7.20. The van der Waals surface area contributed by atoms with Crippen LogP contribution < -0.4 is 15.5 Å². The second-order valence-electron chi connectivity index (χ2n) is 9.40. The molecule has 0 aliphatic carbocycles. The molecular formula is C27H26F3N3O5S. The number of hydrogen-bond acceptors (Lipinski definition) is 7. The number of carbonyl (C=O) groups excluding carboxylic acids is 3. The fourth-order valence-electron chi connectivity index (χ4n) is 4.42. The molecule has 2 N–H and O–H groups in total. The quantitative estimate of drug-likeness (QED) is 0.405. The highest BCUT2D eigenvalue weighted by atomic mass is 32.2. The summed E-state index contributed by atoms with van der Waals surface area (Å²) >= 11 is 1.51. The van der Waals surface area contributed by atoms with Crippen molar-refractivity contribution < 1.29 is 37.1 Å². The Morgan fingerprint density at radius 3 is 2.51 bits per heavy atom. The van der Waals surface area contributed by atoms with Crippen LogP contribution in [0.15, 0.2) is 54.6 Å². The van der Waals surface area contributed by atoms with E-state index in [4.69, 9.17) is 4.74 Å². The van der Waals surface area contributed by atoms with E-state index < -0.39 is 29.5 Å². The number of hydroxylamine groups is 1. The highest BCUT2D eigenvalue weighted by molar-refractivity contribution is 8.00. The lowest BCUT2D eigenvalue weighted by Gasteiger charge is -2.29. The number of aromatic nitrogens is 1. The van der Waals surface area contributed by atoms with Gasteiger partial charge >= 0.3 is 12.1 Å². The minimum atomic E-state index is -5.24. The monoisotopic (exact) mass is 561 g/mol. The van der Waals surface area contributed by atoms with Gasteiger partial charge in [0.2, 0.25) is 0 Å². The van der Waals surface area contributed by atoms with Gasteiger partial charge in [0.05, 0.1) is 17.5 Å². The summed E-state index contributed by atoms with van der Waals surface area (Å²) in [7, 11) is 0. The minimum Gasteiger partial charge on any atom is -0.489 e. The fraction of sp³-hybridized carbons (Fsp3) is 0.333. The van der Waals surface area contributed by atoms with Crippen molar-refractivity contribution in [3.63, 3.8) is 0 Å². The molecule has 2 unspecified atom stereocenters. The smallest absolute Gasteiger partial charge is 0.489 e. The molecule has 3 aromatic rings. The predicted molar refractivity (Wildman–Crippen MR) is 139 cm³/mol. The van der Waals surface area contributed by atoms with Crippen LogP contribution in [0.5, 0.6) is 5.75 Å². The van der Waals surface area contributed by atoms with Gasteiger partial charge < -0.3 is 14.9 Å². The van der Waals surface area contributed by atoms with Crippen molar-refractivity contribution in [1.82, 2.24) is 15.8 Å². The summed E-state index contributed by atoms with van der Waals surface area (Å²) in [6.07, 6.45) is -5.19. The molecule has 0 saturated carbocycles. The number of para-hydroxylation sites is 1. The number of benzene rings is 2. The van der Waals surface area contributed by atoms with Crippen LogP contribution in [0.4, 0.5) is 13.2 Å². The van der Waals surface area contributed by atoms with Crippen molar-refractivity contribution in [3.8, 4) is 5.75 Å². The standard InChI is InChI=1S/C27H26F3N3O5S/c1-16-11-19(21-5-3-4-6-22(21)31-16)14-37-20-9-7-18(8-10-20)24(35)32-26(12-17(2)39-15-26)13-23(34)33-38-25(36)27(28,29)30/h3-11,17H,12-15H2,1-2H3,(H,32,35)(H,33,34). The van der Waals surface area contributed by atoms with E-state index in [1.54, 1.807) is 24.3 Å². The Morgan fingerprint density at radius 2 is 1.85 bits per heavy atom. The number of amides is 2. The van der Waals surface area contributed by atoms with E-state index in [2.05, 4.69) is 15.1 Å². The van der Waals surface area contributed by atoms with Crippen LogP contribution in [0.25, 0.3) is 10.9 Å². The first-order chi connectivity index (χ1) is 18.4. The van der Waals surface area contributed by atoms with Crippen LogP contribution in [0.3, 0.4) is 0 Å². The van der Waals surface area contributed by atoms with Crippen molar-refractivity contribution in [1.29, 1.82) is 0 Å². The summed E-state index contributed by atoms with van der Waals surface area (Å²) in [6.45, 7) is 4.14. The van der Waals surface area contributed by atoms with Gasteiger partial charge in [-0.2, -0.15) is 30.4 Å². The highest BCUT2D eigenvalue weighted by Gasteiger charge is 2.44. The second-order valence-corrected chi connectivity index (χ2v) is 10.8. The van der Waals surface area contributed by atoms with Crippen molar-refractivity contribution in [2.75, 3.05) is 5.75 Å².